The molecule has 0 aliphatic heterocycles. The molecule has 2 aromatic heterocycles. The number of anilines is 1. The van der Waals surface area contributed by atoms with E-state index >= 15 is 0 Å². The van der Waals surface area contributed by atoms with Crippen molar-refractivity contribution in [1.82, 2.24) is 15.0 Å². The number of nitrogens with zero attached hydrogens (tertiary/aromatic N) is 2. The Morgan fingerprint density at radius 1 is 1.06 bits per heavy atom. The highest BCUT2D eigenvalue weighted by Gasteiger charge is 2.33. The third-order valence-electron chi connectivity index (χ3n) is 4.32. The monoisotopic (exact) mass is 482 g/mol. The molecule has 0 radical (unpaired) electrons. The number of ketones is 1. The average Bonchev–Trinajstić information content (AvgIpc) is 3.21. The number of carbonyl (C=O) groups is 1. The number of aromatic amines is 1. The van der Waals surface area contributed by atoms with Crippen molar-refractivity contribution in [1.29, 1.82) is 0 Å². The van der Waals surface area contributed by atoms with Gasteiger partial charge in [0, 0.05) is 27.1 Å². The fourth-order valence-corrected chi connectivity index (χ4v) is 3.99. The largest absolute Gasteiger partial charge is 0.417 e. The van der Waals surface area contributed by atoms with Crippen molar-refractivity contribution in [2.24, 2.45) is 0 Å². The molecular formula is C20H11Cl2F3N4OS. The second kappa shape index (κ2) is 8.41. The summed E-state index contributed by atoms with van der Waals surface area (Å²) in [5, 5.41) is 0.504. The molecule has 2 N–H and O–H groups in total. The minimum absolute atomic E-state index is 0.187. The maximum absolute atomic E-state index is 13.2. The zero-order valence-corrected chi connectivity index (χ0v) is 17.6. The number of H-pyrrole nitrogens is 1. The lowest BCUT2D eigenvalue weighted by atomic mass is 10.0. The summed E-state index contributed by atoms with van der Waals surface area (Å²) in [5.41, 5.74) is 0.333. The third kappa shape index (κ3) is 4.48. The van der Waals surface area contributed by atoms with E-state index in [0.717, 1.165) is 18.0 Å². The summed E-state index contributed by atoms with van der Waals surface area (Å²) in [6.07, 6.45) is -1.66. The minimum atomic E-state index is -4.58. The first-order chi connectivity index (χ1) is 14.7. The summed E-state index contributed by atoms with van der Waals surface area (Å²) in [6, 6.07) is 9.81. The molecule has 0 spiro atoms. The van der Waals surface area contributed by atoms with Crippen molar-refractivity contribution in [2.75, 3.05) is 4.72 Å². The number of carbonyl (C=O) groups excluding carboxylic acids is 1. The number of nitrogens with one attached hydrogen (secondary N) is 2. The lowest BCUT2D eigenvalue weighted by molar-refractivity contribution is -0.137. The zero-order chi connectivity index (χ0) is 22.2. The normalized spacial score (nSPS) is 11.6. The van der Waals surface area contributed by atoms with Gasteiger partial charge >= 0.3 is 6.18 Å². The molecule has 0 fully saturated rings. The van der Waals surface area contributed by atoms with Crippen LogP contribution in [0.15, 0.2) is 59.9 Å². The molecule has 0 amide bonds. The van der Waals surface area contributed by atoms with E-state index in [1.54, 1.807) is 18.3 Å². The number of rotatable bonds is 5. The zero-order valence-electron chi connectivity index (χ0n) is 15.3. The van der Waals surface area contributed by atoms with Gasteiger partial charge in [0.1, 0.15) is 17.7 Å². The Morgan fingerprint density at radius 2 is 1.87 bits per heavy atom. The average molecular weight is 483 g/mol. The van der Waals surface area contributed by atoms with E-state index < -0.39 is 16.8 Å². The quantitative estimate of drug-likeness (QED) is 0.246. The number of halogens is 5. The molecule has 2 heterocycles. The number of aromatic nitrogens is 3. The summed E-state index contributed by atoms with van der Waals surface area (Å²) in [4.78, 5) is 24.5. The van der Waals surface area contributed by atoms with Gasteiger partial charge in [-0.3, -0.25) is 4.79 Å². The van der Waals surface area contributed by atoms with Gasteiger partial charge in [-0.2, -0.15) is 13.2 Å². The second-order valence-corrected chi connectivity index (χ2v) is 8.05. The Labute approximate surface area is 188 Å². The van der Waals surface area contributed by atoms with Gasteiger partial charge in [0.25, 0.3) is 0 Å². The van der Waals surface area contributed by atoms with Gasteiger partial charge in [0.2, 0.25) is 5.78 Å². The van der Waals surface area contributed by atoms with E-state index in [0.29, 0.717) is 21.7 Å². The van der Waals surface area contributed by atoms with Gasteiger partial charge in [-0.05, 0) is 54.4 Å². The highest BCUT2D eigenvalue weighted by atomic mass is 35.5. The number of alkyl halides is 3. The SMILES string of the molecule is O=C(c1ccc(Cl)cc1NSc1ccc(Cl)c(C(F)(F)F)c1)c1ncnc2[nH]ccc12. The summed E-state index contributed by atoms with van der Waals surface area (Å²) >= 11 is 12.6. The van der Waals surface area contributed by atoms with Gasteiger partial charge < -0.3 is 9.71 Å². The first-order valence-electron chi connectivity index (χ1n) is 8.66. The summed E-state index contributed by atoms with van der Waals surface area (Å²) < 4.78 is 42.2. The Hall–Kier alpha value is -2.75. The van der Waals surface area contributed by atoms with Gasteiger partial charge in [0.05, 0.1) is 16.3 Å². The molecule has 0 saturated heterocycles. The van der Waals surface area contributed by atoms with Crippen molar-refractivity contribution in [2.45, 2.75) is 11.1 Å². The van der Waals surface area contributed by atoms with Crippen LogP contribution in [-0.2, 0) is 6.18 Å². The Bertz CT molecular complexity index is 1290. The molecule has 5 nitrogen and oxygen atoms in total. The fraction of sp³-hybridized carbons (Fsp3) is 0.0500. The fourth-order valence-electron chi connectivity index (χ4n) is 2.88. The summed E-state index contributed by atoms with van der Waals surface area (Å²) in [7, 11) is 0. The van der Waals surface area contributed by atoms with Gasteiger partial charge in [-0.15, -0.1) is 0 Å². The maximum atomic E-state index is 13.2. The molecule has 31 heavy (non-hydrogen) atoms. The number of hydrogen-bond acceptors (Lipinski definition) is 5. The van der Waals surface area contributed by atoms with Crippen LogP contribution in [0.3, 0.4) is 0 Å². The van der Waals surface area contributed by atoms with E-state index in [1.807, 2.05) is 0 Å². The number of benzene rings is 2. The molecule has 2 aromatic carbocycles. The highest BCUT2D eigenvalue weighted by molar-refractivity contribution is 8.00. The third-order valence-corrected chi connectivity index (χ3v) is 5.69. The molecule has 0 atom stereocenters. The van der Waals surface area contributed by atoms with Crippen LogP contribution >= 0.6 is 35.1 Å². The standard InChI is InChI=1S/C20H11Cl2F3N4OS/c21-10-1-3-12(18(30)17-13-5-6-26-19(13)28-9-27-17)16(7-10)29-31-11-2-4-15(22)14(8-11)20(23,24)25/h1-9,29H,(H,26,27,28). The molecule has 11 heteroatoms. The topological polar surface area (TPSA) is 70.7 Å². The summed E-state index contributed by atoms with van der Waals surface area (Å²) in [6.45, 7) is 0. The lowest BCUT2D eigenvalue weighted by Crippen LogP contribution is -2.08. The highest BCUT2D eigenvalue weighted by Crippen LogP contribution is 2.37. The van der Waals surface area contributed by atoms with Crippen LogP contribution in [0, 0.1) is 0 Å². The number of fused-ring (bicyclic) bond motifs is 1. The second-order valence-electron chi connectivity index (χ2n) is 6.32. The van der Waals surface area contributed by atoms with Crippen molar-refractivity contribution < 1.29 is 18.0 Å². The van der Waals surface area contributed by atoms with Crippen LogP contribution in [0.5, 0.6) is 0 Å². The number of hydrogen-bond donors (Lipinski definition) is 2. The molecule has 4 rings (SSSR count). The molecule has 158 valence electrons. The van der Waals surface area contributed by atoms with Crippen molar-refractivity contribution in [3.05, 3.63) is 81.9 Å². The predicted molar refractivity (Wildman–Crippen MR) is 115 cm³/mol. The Balaban J connectivity index is 1.66. The van der Waals surface area contributed by atoms with Crippen LogP contribution in [0.2, 0.25) is 10.0 Å². The minimum Gasteiger partial charge on any atom is -0.346 e. The first-order valence-corrected chi connectivity index (χ1v) is 10.2. The predicted octanol–water partition coefficient (Wildman–Crippen LogP) is 6.63. The van der Waals surface area contributed by atoms with Crippen LogP contribution < -0.4 is 4.72 Å². The molecule has 0 saturated carbocycles. The van der Waals surface area contributed by atoms with E-state index in [1.165, 1.54) is 30.6 Å². The van der Waals surface area contributed by atoms with Gasteiger partial charge in [-0.1, -0.05) is 23.2 Å². The maximum Gasteiger partial charge on any atom is 0.417 e. The smallest absolute Gasteiger partial charge is 0.346 e. The Morgan fingerprint density at radius 3 is 2.65 bits per heavy atom. The van der Waals surface area contributed by atoms with Crippen molar-refractivity contribution >= 4 is 57.7 Å². The van der Waals surface area contributed by atoms with Crippen LogP contribution in [0.25, 0.3) is 11.0 Å². The molecular weight excluding hydrogens is 472 g/mol. The van der Waals surface area contributed by atoms with E-state index in [4.69, 9.17) is 23.2 Å². The van der Waals surface area contributed by atoms with Crippen molar-refractivity contribution in [3.8, 4) is 0 Å². The molecule has 4 aromatic rings. The van der Waals surface area contributed by atoms with Gasteiger partial charge in [-0.25, -0.2) is 9.97 Å². The summed E-state index contributed by atoms with van der Waals surface area (Å²) in [5.74, 6) is -0.390. The van der Waals surface area contributed by atoms with Crippen molar-refractivity contribution in [3.63, 3.8) is 0 Å². The van der Waals surface area contributed by atoms with Crippen LogP contribution in [-0.4, -0.2) is 20.7 Å². The van der Waals surface area contributed by atoms with E-state index in [-0.39, 0.29) is 21.9 Å². The molecule has 0 unspecified atom stereocenters. The molecule has 0 aliphatic rings. The Kier molecular flexibility index (Phi) is 5.83. The van der Waals surface area contributed by atoms with Gasteiger partial charge in [0.15, 0.2) is 0 Å². The van der Waals surface area contributed by atoms with Crippen LogP contribution in [0.1, 0.15) is 21.6 Å². The van der Waals surface area contributed by atoms with E-state index in [2.05, 4.69) is 19.7 Å². The van der Waals surface area contributed by atoms with E-state index in [9.17, 15) is 18.0 Å². The first kappa shape index (κ1) is 21.5. The molecule has 0 bridgehead atoms. The lowest BCUT2D eigenvalue weighted by Gasteiger charge is -2.13. The van der Waals surface area contributed by atoms with Crippen LogP contribution in [0.4, 0.5) is 18.9 Å². The molecule has 0 aliphatic carbocycles.